The van der Waals surface area contributed by atoms with E-state index in [1.165, 1.54) is 22.8 Å². The number of benzene rings is 1. The Labute approximate surface area is 189 Å². The van der Waals surface area contributed by atoms with Crippen LogP contribution in [0.25, 0.3) is 5.82 Å². The molecule has 1 aliphatic heterocycles. The van der Waals surface area contributed by atoms with Crippen LogP contribution in [0.15, 0.2) is 42.7 Å². The van der Waals surface area contributed by atoms with E-state index in [1.54, 1.807) is 4.68 Å². The standard InChI is InChI=1S/C21H23F3N6O2S/c1-15-11-16(2)30(27-15)20-12-19(25-14-26-20)28-7-9-29(10-8-28)33(31,32)13-17-3-5-18(6-4-17)21(22,23)24/h3-6,11-12,14H,7-10,13H2,1-2H3. The fraction of sp³-hybridized carbons (Fsp3) is 0.381. The smallest absolute Gasteiger partial charge is 0.354 e. The number of aromatic nitrogens is 4. The molecule has 3 aromatic rings. The van der Waals surface area contributed by atoms with Gasteiger partial charge in [0.2, 0.25) is 10.0 Å². The third-order valence-electron chi connectivity index (χ3n) is 5.45. The first-order valence-electron chi connectivity index (χ1n) is 10.3. The number of hydrogen-bond donors (Lipinski definition) is 0. The van der Waals surface area contributed by atoms with Gasteiger partial charge in [0.15, 0.2) is 5.82 Å². The summed E-state index contributed by atoms with van der Waals surface area (Å²) >= 11 is 0. The number of sulfonamides is 1. The van der Waals surface area contributed by atoms with E-state index < -0.39 is 21.8 Å². The largest absolute Gasteiger partial charge is 0.416 e. The number of anilines is 1. The van der Waals surface area contributed by atoms with Crippen molar-refractivity contribution < 1.29 is 21.6 Å². The van der Waals surface area contributed by atoms with Crippen LogP contribution >= 0.6 is 0 Å². The average Bonchev–Trinajstić information content (AvgIpc) is 3.11. The van der Waals surface area contributed by atoms with Crippen molar-refractivity contribution in [3.63, 3.8) is 0 Å². The minimum absolute atomic E-state index is 0.252. The van der Waals surface area contributed by atoms with Crippen molar-refractivity contribution >= 4 is 15.8 Å². The lowest BCUT2D eigenvalue weighted by atomic mass is 10.1. The van der Waals surface area contributed by atoms with Gasteiger partial charge in [0, 0.05) is 37.9 Å². The first-order chi connectivity index (χ1) is 15.5. The van der Waals surface area contributed by atoms with Gasteiger partial charge in [-0.25, -0.2) is 23.1 Å². The van der Waals surface area contributed by atoms with E-state index >= 15 is 0 Å². The van der Waals surface area contributed by atoms with Crippen LogP contribution in [0.2, 0.25) is 0 Å². The lowest BCUT2D eigenvalue weighted by Gasteiger charge is -2.34. The molecule has 0 radical (unpaired) electrons. The molecule has 4 rings (SSSR count). The van der Waals surface area contributed by atoms with Gasteiger partial charge in [0.25, 0.3) is 0 Å². The van der Waals surface area contributed by atoms with Gasteiger partial charge in [-0.3, -0.25) is 0 Å². The number of alkyl halides is 3. The summed E-state index contributed by atoms with van der Waals surface area (Å²) in [5, 5.41) is 4.43. The Bertz CT molecular complexity index is 1230. The number of nitrogens with zero attached hydrogens (tertiary/aromatic N) is 6. The van der Waals surface area contributed by atoms with Gasteiger partial charge in [-0.1, -0.05) is 12.1 Å². The van der Waals surface area contributed by atoms with E-state index in [2.05, 4.69) is 15.1 Å². The summed E-state index contributed by atoms with van der Waals surface area (Å²) < 4.78 is 66.9. The summed E-state index contributed by atoms with van der Waals surface area (Å²) in [6.45, 7) is 5.20. The Kier molecular flexibility index (Phi) is 6.14. The number of halogens is 3. The van der Waals surface area contributed by atoms with Crippen molar-refractivity contribution in [2.75, 3.05) is 31.1 Å². The quantitative estimate of drug-likeness (QED) is 0.558. The third-order valence-corrected chi connectivity index (χ3v) is 7.30. The van der Waals surface area contributed by atoms with E-state index in [-0.39, 0.29) is 18.8 Å². The zero-order valence-electron chi connectivity index (χ0n) is 18.1. The molecule has 33 heavy (non-hydrogen) atoms. The second kappa shape index (κ2) is 8.75. The number of hydrogen-bond acceptors (Lipinski definition) is 6. The van der Waals surface area contributed by atoms with Gasteiger partial charge in [-0.05, 0) is 37.6 Å². The normalized spacial score (nSPS) is 15.7. The lowest BCUT2D eigenvalue weighted by Crippen LogP contribution is -2.49. The summed E-state index contributed by atoms with van der Waals surface area (Å²) in [6.07, 6.45) is -3.00. The topological polar surface area (TPSA) is 84.2 Å². The molecule has 0 amide bonds. The van der Waals surface area contributed by atoms with Crippen molar-refractivity contribution in [1.82, 2.24) is 24.1 Å². The zero-order chi connectivity index (χ0) is 23.8. The van der Waals surface area contributed by atoms with Gasteiger partial charge >= 0.3 is 6.18 Å². The summed E-state index contributed by atoms with van der Waals surface area (Å²) in [5.41, 5.74) is 1.33. The summed E-state index contributed by atoms with van der Waals surface area (Å²) in [4.78, 5) is 10.6. The molecule has 0 N–H and O–H groups in total. The zero-order valence-corrected chi connectivity index (χ0v) is 18.9. The maximum atomic E-state index is 12.8. The van der Waals surface area contributed by atoms with Gasteiger partial charge in [-0.15, -0.1) is 0 Å². The maximum Gasteiger partial charge on any atom is 0.416 e. The first-order valence-corrected chi connectivity index (χ1v) is 11.9. The number of piperazine rings is 1. The van der Waals surface area contributed by atoms with Crippen molar-refractivity contribution in [2.45, 2.75) is 25.8 Å². The van der Waals surface area contributed by atoms with Crippen molar-refractivity contribution in [2.24, 2.45) is 0 Å². The molecule has 12 heteroatoms. The van der Waals surface area contributed by atoms with E-state index in [9.17, 15) is 21.6 Å². The Morgan fingerprint density at radius 2 is 1.58 bits per heavy atom. The van der Waals surface area contributed by atoms with Crippen LogP contribution in [0.5, 0.6) is 0 Å². The highest BCUT2D eigenvalue weighted by Crippen LogP contribution is 2.29. The Morgan fingerprint density at radius 3 is 2.15 bits per heavy atom. The third kappa shape index (κ3) is 5.17. The minimum atomic E-state index is -4.45. The summed E-state index contributed by atoms with van der Waals surface area (Å²) in [6, 6.07) is 7.97. The molecule has 1 aromatic carbocycles. The molecule has 0 atom stereocenters. The van der Waals surface area contributed by atoms with Crippen LogP contribution in [0, 0.1) is 13.8 Å². The van der Waals surface area contributed by atoms with Crippen LogP contribution in [0.4, 0.5) is 19.0 Å². The Morgan fingerprint density at radius 1 is 0.939 bits per heavy atom. The second-order valence-corrected chi connectivity index (χ2v) is 9.88. The van der Waals surface area contributed by atoms with E-state index in [0.717, 1.165) is 23.5 Å². The first kappa shape index (κ1) is 23.2. The molecular formula is C21H23F3N6O2S. The number of aryl methyl sites for hydroxylation is 2. The molecule has 3 heterocycles. The summed E-state index contributed by atoms with van der Waals surface area (Å²) in [7, 11) is -3.67. The number of rotatable bonds is 5. The molecule has 1 saturated heterocycles. The molecule has 1 fully saturated rings. The molecule has 176 valence electrons. The molecule has 0 unspecified atom stereocenters. The highest BCUT2D eigenvalue weighted by molar-refractivity contribution is 7.88. The second-order valence-electron chi connectivity index (χ2n) is 7.91. The highest BCUT2D eigenvalue weighted by Gasteiger charge is 2.31. The lowest BCUT2D eigenvalue weighted by molar-refractivity contribution is -0.137. The van der Waals surface area contributed by atoms with Crippen LogP contribution in [-0.2, 0) is 22.0 Å². The fourth-order valence-corrected chi connectivity index (χ4v) is 5.29. The SMILES string of the molecule is Cc1cc(C)n(-c2cc(N3CCN(S(=O)(=O)Cc4ccc(C(F)(F)F)cc4)CC3)ncn2)n1. The van der Waals surface area contributed by atoms with Gasteiger partial charge in [0.05, 0.1) is 17.0 Å². The van der Waals surface area contributed by atoms with Gasteiger partial charge < -0.3 is 4.90 Å². The van der Waals surface area contributed by atoms with Gasteiger partial charge in [-0.2, -0.15) is 22.6 Å². The van der Waals surface area contributed by atoms with Crippen molar-refractivity contribution in [3.8, 4) is 5.82 Å². The molecular weight excluding hydrogens is 457 g/mol. The molecule has 0 saturated carbocycles. The van der Waals surface area contributed by atoms with Crippen molar-refractivity contribution in [1.29, 1.82) is 0 Å². The molecule has 0 bridgehead atoms. The van der Waals surface area contributed by atoms with Crippen LogP contribution in [-0.4, -0.2) is 58.7 Å². The van der Waals surface area contributed by atoms with Crippen LogP contribution in [0.1, 0.15) is 22.5 Å². The Balaban J connectivity index is 1.41. The van der Waals surface area contributed by atoms with Crippen LogP contribution in [0.3, 0.4) is 0 Å². The molecule has 1 aliphatic rings. The van der Waals surface area contributed by atoms with Crippen molar-refractivity contribution in [3.05, 3.63) is 65.2 Å². The van der Waals surface area contributed by atoms with E-state index in [1.807, 2.05) is 30.9 Å². The minimum Gasteiger partial charge on any atom is -0.354 e. The predicted octanol–water partition coefficient (Wildman–Crippen LogP) is 2.95. The fourth-order valence-electron chi connectivity index (χ4n) is 3.77. The maximum absolute atomic E-state index is 12.8. The highest BCUT2D eigenvalue weighted by atomic mass is 32.2. The predicted molar refractivity (Wildman–Crippen MR) is 116 cm³/mol. The molecule has 2 aromatic heterocycles. The summed E-state index contributed by atoms with van der Waals surface area (Å²) in [5.74, 6) is 0.955. The van der Waals surface area contributed by atoms with E-state index in [0.29, 0.717) is 30.3 Å². The molecule has 8 nitrogen and oxygen atoms in total. The monoisotopic (exact) mass is 480 g/mol. The Hall–Kier alpha value is -2.99. The van der Waals surface area contributed by atoms with E-state index in [4.69, 9.17) is 0 Å². The van der Waals surface area contributed by atoms with Gasteiger partial charge in [0.1, 0.15) is 12.1 Å². The molecule has 0 spiro atoms. The average molecular weight is 481 g/mol. The molecule has 0 aliphatic carbocycles. The van der Waals surface area contributed by atoms with Crippen LogP contribution < -0.4 is 4.90 Å².